The smallest absolute Gasteiger partial charge is 0.311 e. The molecule has 0 atom stereocenters. The van der Waals surface area contributed by atoms with Crippen LogP contribution in [0.25, 0.3) is 0 Å². The predicted molar refractivity (Wildman–Crippen MR) is 139 cm³/mol. The minimum Gasteiger partial charge on any atom is -0.458 e. The Hall–Kier alpha value is -1.78. The molecule has 1 rings (SSSR count). The second-order valence-corrected chi connectivity index (χ2v) is 9.49. The molecule has 1 aromatic rings. The van der Waals surface area contributed by atoms with Crippen LogP contribution in [0.1, 0.15) is 148 Å². The number of carbonyl (C=O) groups is 2. The highest BCUT2D eigenvalue weighted by molar-refractivity contribution is 5.77. The standard InChI is InChI=1S/C29H50O5/c1-5-8-10-12-14-16-18-20-22-26(30)33-28-24(4)32-25(7-3)29(28)34-27(31)23-21-19-17-15-13-11-9-6-2/h5-23H2,1-4H3. The molecule has 1 aromatic heterocycles. The van der Waals surface area contributed by atoms with Gasteiger partial charge in [-0.25, -0.2) is 0 Å². The van der Waals surface area contributed by atoms with Gasteiger partial charge in [-0.1, -0.05) is 111 Å². The average molecular weight is 479 g/mol. The van der Waals surface area contributed by atoms with Crippen LogP contribution in [0.3, 0.4) is 0 Å². The average Bonchev–Trinajstić information content (AvgIpc) is 3.11. The van der Waals surface area contributed by atoms with Crippen LogP contribution >= 0.6 is 0 Å². The number of ether oxygens (including phenoxy) is 2. The molecule has 0 saturated heterocycles. The van der Waals surface area contributed by atoms with Crippen molar-refractivity contribution < 1.29 is 23.5 Å². The third kappa shape index (κ3) is 13.2. The summed E-state index contributed by atoms with van der Waals surface area (Å²) in [5, 5.41) is 0. The first kappa shape index (κ1) is 30.3. The molecule has 0 aromatic carbocycles. The van der Waals surface area contributed by atoms with E-state index in [0.29, 0.717) is 30.8 Å². The van der Waals surface area contributed by atoms with Gasteiger partial charge in [-0.15, -0.1) is 0 Å². The zero-order chi connectivity index (χ0) is 25.0. The molecular formula is C29H50O5. The molecule has 0 radical (unpaired) electrons. The summed E-state index contributed by atoms with van der Waals surface area (Å²) in [6.07, 6.45) is 20.1. The van der Waals surface area contributed by atoms with Crippen LogP contribution in [0.5, 0.6) is 11.5 Å². The number of rotatable bonds is 21. The molecule has 0 bridgehead atoms. The van der Waals surface area contributed by atoms with E-state index < -0.39 is 0 Å². The van der Waals surface area contributed by atoms with Gasteiger partial charge >= 0.3 is 11.9 Å². The largest absolute Gasteiger partial charge is 0.458 e. The molecule has 196 valence electrons. The Labute approximate surface area is 208 Å². The molecule has 0 aliphatic rings. The van der Waals surface area contributed by atoms with Crippen LogP contribution in [0.2, 0.25) is 0 Å². The van der Waals surface area contributed by atoms with Gasteiger partial charge in [0.1, 0.15) is 5.76 Å². The molecule has 5 heteroatoms. The van der Waals surface area contributed by atoms with Crippen LogP contribution in [0, 0.1) is 6.92 Å². The monoisotopic (exact) mass is 478 g/mol. The number of carbonyl (C=O) groups excluding carboxylic acids is 2. The van der Waals surface area contributed by atoms with Crippen molar-refractivity contribution in [3.05, 3.63) is 11.5 Å². The molecule has 34 heavy (non-hydrogen) atoms. The molecule has 0 amide bonds. The number of esters is 2. The fourth-order valence-corrected chi connectivity index (χ4v) is 4.15. The third-order valence-corrected chi connectivity index (χ3v) is 6.28. The first-order chi connectivity index (χ1) is 16.5. The molecule has 0 unspecified atom stereocenters. The fourth-order valence-electron chi connectivity index (χ4n) is 4.15. The quantitative estimate of drug-likeness (QED) is 0.130. The zero-order valence-corrected chi connectivity index (χ0v) is 22.5. The Morgan fingerprint density at radius 3 is 1.38 bits per heavy atom. The van der Waals surface area contributed by atoms with Crippen molar-refractivity contribution in [3.63, 3.8) is 0 Å². The minimum atomic E-state index is -0.294. The van der Waals surface area contributed by atoms with E-state index in [1.807, 2.05) is 6.92 Å². The predicted octanol–water partition coefficient (Wildman–Crippen LogP) is 9.02. The summed E-state index contributed by atoms with van der Waals surface area (Å²) < 4.78 is 16.9. The van der Waals surface area contributed by atoms with Crippen LogP contribution < -0.4 is 9.47 Å². The molecule has 0 aliphatic carbocycles. The van der Waals surface area contributed by atoms with Crippen molar-refractivity contribution in [2.75, 3.05) is 0 Å². The van der Waals surface area contributed by atoms with Gasteiger partial charge < -0.3 is 13.9 Å². The Kier molecular flexibility index (Phi) is 17.4. The van der Waals surface area contributed by atoms with Gasteiger partial charge in [-0.3, -0.25) is 9.59 Å². The zero-order valence-electron chi connectivity index (χ0n) is 22.5. The number of hydrogen-bond acceptors (Lipinski definition) is 5. The fraction of sp³-hybridized carbons (Fsp3) is 0.793. The van der Waals surface area contributed by atoms with Crippen molar-refractivity contribution >= 4 is 11.9 Å². The maximum Gasteiger partial charge on any atom is 0.311 e. The van der Waals surface area contributed by atoms with E-state index in [1.54, 1.807) is 6.92 Å². The van der Waals surface area contributed by atoms with E-state index in [2.05, 4.69) is 13.8 Å². The van der Waals surface area contributed by atoms with Gasteiger partial charge in [0, 0.05) is 19.3 Å². The van der Waals surface area contributed by atoms with Crippen molar-refractivity contribution in [2.45, 2.75) is 150 Å². The molecule has 0 N–H and O–H groups in total. The van der Waals surface area contributed by atoms with Crippen LogP contribution in [0.15, 0.2) is 4.42 Å². The summed E-state index contributed by atoms with van der Waals surface area (Å²) >= 11 is 0. The van der Waals surface area contributed by atoms with Gasteiger partial charge in [0.05, 0.1) is 0 Å². The molecular weight excluding hydrogens is 428 g/mol. The Morgan fingerprint density at radius 1 is 0.588 bits per heavy atom. The Bertz CT molecular complexity index is 676. The lowest BCUT2D eigenvalue weighted by Crippen LogP contribution is -2.12. The summed E-state index contributed by atoms with van der Waals surface area (Å²) in [5.74, 6) is 1.01. The van der Waals surface area contributed by atoms with E-state index in [9.17, 15) is 9.59 Å². The maximum absolute atomic E-state index is 12.4. The summed E-state index contributed by atoms with van der Waals surface area (Å²) in [6.45, 7) is 8.12. The van der Waals surface area contributed by atoms with Gasteiger partial charge in [0.25, 0.3) is 0 Å². The second kappa shape index (κ2) is 19.5. The van der Waals surface area contributed by atoms with E-state index in [4.69, 9.17) is 13.9 Å². The molecule has 0 aliphatic heterocycles. The summed E-state index contributed by atoms with van der Waals surface area (Å²) in [7, 11) is 0. The normalized spacial score (nSPS) is 11.1. The van der Waals surface area contributed by atoms with Crippen LogP contribution in [-0.4, -0.2) is 11.9 Å². The van der Waals surface area contributed by atoms with Crippen LogP contribution in [0.4, 0.5) is 0 Å². The molecule has 0 saturated carbocycles. The van der Waals surface area contributed by atoms with E-state index in [1.165, 1.54) is 64.2 Å². The van der Waals surface area contributed by atoms with E-state index in [-0.39, 0.29) is 23.4 Å². The van der Waals surface area contributed by atoms with Gasteiger partial charge in [-0.05, 0) is 19.8 Å². The lowest BCUT2D eigenvalue weighted by Gasteiger charge is -2.08. The first-order valence-corrected chi connectivity index (χ1v) is 14.1. The summed E-state index contributed by atoms with van der Waals surface area (Å²) in [4.78, 5) is 24.8. The number of hydrogen-bond donors (Lipinski definition) is 0. The highest BCUT2D eigenvalue weighted by Crippen LogP contribution is 2.39. The van der Waals surface area contributed by atoms with E-state index in [0.717, 1.165) is 38.5 Å². The van der Waals surface area contributed by atoms with Crippen molar-refractivity contribution in [1.29, 1.82) is 0 Å². The Morgan fingerprint density at radius 2 is 0.971 bits per heavy atom. The number of furan rings is 1. The van der Waals surface area contributed by atoms with Crippen molar-refractivity contribution in [3.8, 4) is 11.5 Å². The van der Waals surface area contributed by atoms with Gasteiger partial charge in [-0.2, -0.15) is 0 Å². The molecule has 5 nitrogen and oxygen atoms in total. The van der Waals surface area contributed by atoms with E-state index >= 15 is 0 Å². The molecule has 1 heterocycles. The van der Waals surface area contributed by atoms with Crippen LogP contribution in [-0.2, 0) is 16.0 Å². The number of unbranched alkanes of at least 4 members (excludes halogenated alkanes) is 14. The summed E-state index contributed by atoms with van der Waals surface area (Å²) in [5.41, 5.74) is 0. The topological polar surface area (TPSA) is 65.7 Å². The minimum absolute atomic E-state index is 0.269. The first-order valence-electron chi connectivity index (χ1n) is 14.1. The summed E-state index contributed by atoms with van der Waals surface area (Å²) in [6, 6.07) is 0. The highest BCUT2D eigenvalue weighted by Gasteiger charge is 2.24. The van der Waals surface area contributed by atoms with Gasteiger partial charge in [0.2, 0.25) is 11.5 Å². The lowest BCUT2D eigenvalue weighted by molar-refractivity contribution is -0.137. The third-order valence-electron chi connectivity index (χ3n) is 6.28. The second-order valence-electron chi connectivity index (χ2n) is 9.49. The molecule has 0 spiro atoms. The SMILES string of the molecule is CCCCCCCCCCC(=O)Oc1c(C)oc(CC)c1OC(=O)CCCCCCCCCC. The Balaban J connectivity index is 2.40. The lowest BCUT2D eigenvalue weighted by atomic mass is 10.1. The maximum atomic E-state index is 12.4. The van der Waals surface area contributed by atoms with Crippen molar-refractivity contribution in [2.24, 2.45) is 0 Å². The van der Waals surface area contributed by atoms with Gasteiger partial charge in [0.15, 0.2) is 5.76 Å². The highest BCUT2D eigenvalue weighted by atomic mass is 16.6. The van der Waals surface area contributed by atoms with Crippen molar-refractivity contribution in [1.82, 2.24) is 0 Å². The molecule has 0 fully saturated rings. The number of aryl methyl sites for hydroxylation is 2.